The SMILES string of the molecule is Cc1ccc(C(Br)CC2CCOC2)s1. The van der Waals surface area contributed by atoms with Crippen molar-refractivity contribution in [1.29, 1.82) is 0 Å². The van der Waals surface area contributed by atoms with E-state index in [0.717, 1.165) is 19.1 Å². The van der Waals surface area contributed by atoms with Crippen molar-refractivity contribution in [2.75, 3.05) is 13.2 Å². The highest BCUT2D eigenvalue weighted by Crippen LogP contribution is 2.36. The van der Waals surface area contributed by atoms with E-state index < -0.39 is 0 Å². The molecule has 0 N–H and O–H groups in total. The number of ether oxygens (including phenoxy) is 1. The van der Waals surface area contributed by atoms with Gasteiger partial charge in [0, 0.05) is 27.8 Å². The number of rotatable bonds is 3. The maximum absolute atomic E-state index is 5.38. The quantitative estimate of drug-likeness (QED) is 0.760. The van der Waals surface area contributed by atoms with Gasteiger partial charge in [-0.3, -0.25) is 0 Å². The number of hydrogen-bond acceptors (Lipinski definition) is 2. The van der Waals surface area contributed by atoms with Crippen LogP contribution < -0.4 is 0 Å². The minimum absolute atomic E-state index is 0.521. The van der Waals surface area contributed by atoms with Gasteiger partial charge in [0.15, 0.2) is 0 Å². The van der Waals surface area contributed by atoms with Gasteiger partial charge in [-0.15, -0.1) is 11.3 Å². The smallest absolute Gasteiger partial charge is 0.0495 e. The van der Waals surface area contributed by atoms with E-state index in [2.05, 4.69) is 35.0 Å². The van der Waals surface area contributed by atoms with Crippen LogP contribution in [-0.4, -0.2) is 13.2 Å². The van der Waals surface area contributed by atoms with Crippen LogP contribution >= 0.6 is 27.3 Å². The van der Waals surface area contributed by atoms with Crippen molar-refractivity contribution >= 4 is 27.3 Å². The summed E-state index contributed by atoms with van der Waals surface area (Å²) in [6.45, 7) is 4.06. The van der Waals surface area contributed by atoms with E-state index in [1.165, 1.54) is 22.6 Å². The third kappa shape index (κ3) is 2.59. The molecule has 0 bridgehead atoms. The fourth-order valence-corrected chi connectivity index (χ4v) is 3.63. The van der Waals surface area contributed by atoms with Crippen LogP contribution in [-0.2, 0) is 4.74 Å². The fraction of sp³-hybridized carbons (Fsp3) is 0.636. The van der Waals surface area contributed by atoms with Crippen molar-refractivity contribution in [3.8, 4) is 0 Å². The number of thiophene rings is 1. The van der Waals surface area contributed by atoms with E-state index in [9.17, 15) is 0 Å². The van der Waals surface area contributed by atoms with Gasteiger partial charge in [-0.2, -0.15) is 0 Å². The normalized spacial score (nSPS) is 24.0. The lowest BCUT2D eigenvalue weighted by Gasteiger charge is -2.11. The molecular weight excluding hydrogens is 260 g/mol. The van der Waals surface area contributed by atoms with Gasteiger partial charge >= 0.3 is 0 Å². The van der Waals surface area contributed by atoms with Gasteiger partial charge < -0.3 is 4.74 Å². The third-order valence-electron chi connectivity index (χ3n) is 2.63. The molecule has 0 radical (unpaired) electrons. The Hall–Kier alpha value is 0.140. The van der Waals surface area contributed by atoms with E-state index in [0.29, 0.717) is 4.83 Å². The van der Waals surface area contributed by atoms with Gasteiger partial charge in [-0.1, -0.05) is 15.9 Å². The summed E-state index contributed by atoms with van der Waals surface area (Å²) in [7, 11) is 0. The molecular formula is C11H15BrOS. The molecule has 1 aromatic rings. The van der Waals surface area contributed by atoms with Crippen molar-refractivity contribution in [2.24, 2.45) is 5.92 Å². The van der Waals surface area contributed by atoms with Gasteiger partial charge in [0.1, 0.15) is 0 Å². The molecule has 2 atom stereocenters. The Morgan fingerprint density at radius 3 is 3.07 bits per heavy atom. The minimum Gasteiger partial charge on any atom is -0.381 e. The predicted molar refractivity (Wildman–Crippen MR) is 64.3 cm³/mol. The molecule has 1 aliphatic rings. The monoisotopic (exact) mass is 274 g/mol. The van der Waals surface area contributed by atoms with Crippen LogP contribution in [0.25, 0.3) is 0 Å². The average molecular weight is 275 g/mol. The zero-order valence-electron chi connectivity index (χ0n) is 8.33. The second-order valence-corrected chi connectivity index (χ2v) is 6.31. The lowest BCUT2D eigenvalue weighted by molar-refractivity contribution is 0.184. The molecule has 14 heavy (non-hydrogen) atoms. The van der Waals surface area contributed by atoms with Crippen LogP contribution in [0, 0.1) is 12.8 Å². The Morgan fingerprint density at radius 1 is 1.64 bits per heavy atom. The third-order valence-corrected chi connectivity index (χ3v) is 4.92. The first-order chi connectivity index (χ1) is 6.75. The molecule has 1 aliphatic heterocycles. The molecule has 3 heteroatoms. The zero-order chi connectivity index (χ0) is 9.97. The van der Waals surface area contributed by atoms with Crippen LogP contribution in [0.1, 0.15) is 27.4 Å². The van der Waals surface area contributed by atoms with Crippen molar-refractivity contribution in [2.45, 2.75) is 24.6 Å². The van der Waals surface area contributed by atoms with Gasteiger partial charge in [-0.05, 0) is 37.8 Å². The summed E-state index contributed by atoms with van der Waals surface area (Å²) in [5.41, 5.74) is 0. The molecule has 1 aromatic heterocycles. The van der Waals surface area contributed by atoms with E-state index in [-0.39, 0.29) is 0 Å². The Balaban J connectivity index is 1.91. The van der Waals surface area contributed by atoms with E-state index in [1.807, 2.05) is 11.3 Å². The maximum atomic E-state index is 5.38. The van der Waals surface area contributed by atoms with Gasteiger partial charge in [0.05, 0.1) is 0 Å². The Morgan fingerprint density at radius 2 is 2.50 bits per heavy atom. The maximum Gasteiger partial charge on any atom is 0.0495 e. The second-order valence-electron chi connectivity index (χ2n) is 3.88. The average Bonchev–Trinajstić information content (AvgIpc) is 2.75. The largest absolute Gasteiger partial charge is 0.381 e. The molecule has 1 nitrogen and oxygen atoms in total. The first kappa shape index (κ1) is 10.7. The molecule has 2 heterocycles. The molecule has 0 spiro atoms. The first-order valence-electron chi connectivity index (χ1n) is 5.04. The van der Waals surface area contributed by atoms with E-state index in [1.54, 1.807) is 0 Å². The highest BCUT2D eigenvalue weighted by Gasteiger charge is 2.20. The number of alkyl halides is 1. The fourth-order valence-electron chi connectivity index (χ4n) is 1.80. The molecule has 2 rings (SSSR count). The van der Waals surface area contributed by atoms with Crippen LogP contribution in [0.5, 0.6) is 0 Å². The minimum atomic E-state index is 0.521. The molecule has 1 saturated heterocycles. The van der Waals surface area contributed by atoms with Crippen LogP contribution in [0.15, 0.2) is 12.1 Å². The van der Waals surface area contributed by atoms with Crippen LogP contribution in [0.3, 0.4) is 0 Å². The summed E-state index contributed by atoms with van der Waals surface area (Å²) in [6, 6.07) is 4.43. The standard InChI is InChI=1S/C11H15BrOS/c1-8-2-3-11(14-8)10(12)6-9-4-5-13-7-9/h2-3,9-10H,4-7H2,1H3. The number of aryl methyl sites for hydroxylation is 1. The molecule has 2 unspecified atom stereocenters. The highest BCUT2D eigenvalue weighted by atomic mass is 79.9. The van der Waals surface area contributed by atoms with Crippen LogP contribution in [0.4, 0.5) is 0 Å². The summed E-state index contributed by atoms with van der Waals surface area (Å²) in [6.07, 6.45) is 2.44. The summed E-state index contributed by atoms with van der Waals surface area (Å²) in [5.74, 6) is 0.752. The van der Waals surface area contributed by atoms with E-state index in [4.69, 9.17) is 4.74 Å². The van der Waals surface area contributed by atoms with Crippen molar-refractivity contribution in [1.82, 2.24) is 0 Å². The predicted octanol–water partition coefficient (Wildman–Crippen LogP) is 3.92. The molecule has 0 aliphatic carbocycles. The number of hydrogen-bond donors (Lipinski definition) is 0. The van der Waals surface area contributed by atoms with Crippen molar-refractivity contribution in [3.05, 3.63) is 21.9 Å². The van der Waals surface area contributed by atoms with Crippen LogP contribution in [0.2, 0.25) is 0 Å². The van der Waals surface area contributed by atoms with Crippen molar-refractivity contribution in [3.63, 3.8) is 0 Å². The summed E-state index contributed by atoms with van der Waals surface area (Å²) in [5, 5.41) is 0. The van der Waals surface area contributed by atoms with Gasteiger partial charge in [-0.25, -0.2) is 0 Å². The summed E-state index contributed by atoms with van der Waals surface area (Å²) in [4.78, 5) is 3.37. The lowest BCUT2D eigenvalue weighted by atomic mass is 10.0. The second kappa shape index (κ2) is 4.77. The molecule has 1 fully saturated rings. The molecule has 0 saturated carbocycles. The van der Waals surface area contributed by atoms with Gasteiger partial charge in [0.2, 0.25) is 0 Å². The molecule has 0 aromatic carbocycles. The zero-order valence-corrected chi connectivity index (χ0v) is 10.7. The molecule has 78 valence electrons. The highest BCUT2D eigenvalue weighted by molar-refractivity contribution is 9.09. The topological polar surface area (TPSA) is 9.23 Å². The molecule has 0 amide bonds. The summed E-state index contributed by atoms with van der Waals surface area (Å²) >= 11 is 5.66. The van der Waals surface area contributed by atoms with Gasteiger partial charge in [0.25, 0.3) is 0 Å². The Bertz CT molecular complexity index is 291. The van der Waals surface area contributed by atoms with E-state index >= 15 is 0 Å². The first-order valence-corrected chi connectivity index (χ1v) is 6.77. The number of halogens is 1. The van der Waals surface area contributed by atoms with Crippen molar-refractivity contribution < 1.29 is 4.74 Å². The summed E-state index contributed by atoms with van der Waals surface area (Å²) < 4.78 is 5.38. The Labute approximate surface area is 97.6 Å². The Kier molecular flexibility index (Phi) is 3.63. The lowest BCUT2D eigenvalue weighted by Crippen LogP contribution is -2.02.